The highest BCUT2D eigenvalue weighted by Crippen LogP contribution is 2.47. The number of aryl methyl sites for hydroxylation is 1. The van der Waals surface area contributed by atoms with E-state index in [4.69, 9.17) is 14.5 Å². The number of aromatic nitrogens is 2. The van der Waals surface area contributed by atoms with Crippen molar-refractivity contribution in [2.45, 2.75) is 51.6 Å². The van der Waals surface area contributed by atoms with Crippen LogP contribution in [0, 0.1) is 6.92 Å². The van der Waals surface area contributed by atoms with E-state index in [-0.39, 0.29) is 12.2 Å². The number of hydrogen-bond acceptors (Lipinski definition) is 4. The van der Waals surface area contributed by atoms with Crippen molar-refractivity contribution in [3.05, 3.63) is 47.3 Å². The Morgan fingerprint density at radius 3 is 2.59 bits per heavy atom. The van der Waals surface area contributed by atoms with Gasteiger partial charge in [0, 0.05) is 12.6 Å². The van der Waals surface area contributed by atoms with Gasteiger partial charge in [0.15, 0.2) is 0 Å². The smallest absolute Gasteiger partial charge is 0.213 e. The Labute approximate surface area is 130 Å². The van der Waals surface area contributed by atoms with E-state index in [1.807, 2.05) is 18.2 Å². The molecule has 0 amide bonds. The van der Waals surface area contributed by atoms with Crippen molar-refractivity contribution in [2.24, 2.45) is 0 Å². The van der Waals surface area contributed by atoms with E-state index in [0.29, 0.717) is 0 Å². The summed E-state index contributed by atoms with van der Waals surface area (Å²) in [6, 6.07) is 7.99. The van der Waals surface area contributed by atoms with E-state index < -0.39 is 5.79 Å². The Bertz CT molecular complexity index is 705. The molecule has 4 heteroatoms. The fourth-order valence-electron chi connectivity index (χ4n) is 3.43. The standard InChI is InChI=1S/C18H20N2O2/c1-11-10-16(15-6-4-5-9-19-15)20-17-14(11)7-8-18(17)21-12(2)13(3)22-18/h4-6,9-10,12-13H,7-8H2,1-3H3/t12-,13-/m0/s1. The first kappa shape index (κ1) is 13.9. The molecule has 0 bridgehead atoms. The number of nitrogens with zero attached hydrogens (tertiary/aromatic N) is 2. The SMILES string of the molecule is Cc1cc(-c2ccccn2)nc2c1CCC21O[C@@H](C)[C@H](C)O1. The normalized spacial score (nSPS) is 25.6. The lowest BCUT2D eigenvalue weighted by Gasteiger charge is -2.23. The second-order valence-electron chi connectivity index (χ2n) is 6.27. The molecule has 1 aliphatic carbocycles. The van der Waals surface area contributed by atoms with Gasteiger partial charge >= 0.3 is 0 Å². The summed E-state index contributed by atoms with van der Waals surface area (Å²) in [5, 5.41) is 0. The molecule has 2 aromatic rings. The summed E-state index contributed by atoms with van der Waals surface area (Å²) in [4.78, 5) is 9.29. The Hall–Kier alpha value is -1.78. The minimum atomic E-state index is -0.663. The van der Waals surface area contributed by atoms with Gasteiger partial charge in [-0.05, 0) is 56.5 Å². The summed E-state index contributed by atoms with van der Waals surface area (Å²) < 4.78 is 12.4. The molecular weight excluding hydrogens is 276 g/mol. The summed E-state index contributed by atoms with van der Waals surface area (Å²) in [6.07, 6.45) is 3.77. The monoisotopic (exact) mass is 296 g/mol. The van der Waals surface area contributed by atoms with Crippen LogP contribution in [0.2, 0.25) is 0 Å². The first-order chi connectivity index (χ1) is 10.6. The zero-order chi connectivity index (χ0) is 15.3. The molecule has 0 N–H and O–H groups in total. The van der Waals surface area contributed by atoms with Crippen LogP contribution in [0.25, 0.3) is 11.4 Å². The second-order valence-corrected chi connectivity index (χ2v) is 6.27. The summed E-state index contributed by atoms with van der Waals surface area (Å²) in [7, 11) is 0. The minimum absolute atomic E-state index is 0.0894. The molecule has 1 aliphatic heterocycles. The molecule has 0 aromatic carbocycles. The van der Waals surface area contributed by atoms with Gasteiger partial charge in [-0.3, -0.25) is 4.98 Å². The molecule has 0 radical (unpaired) electrons. The van der Waals surface area contributed by atoms with Gasteiger partial charge in [-0.25, -0.2) is 4.98 Å². The van der Waals surface area contributed by atoms with Gasteiger partial charge in [0.05, 0.1) is 23.6 Å². The Balaban J connectivity index is 1.84. The number of pyridine rings is 2. The average Bonchev–Trinajstić information content (AvgIpc) is 3.01. The highest BCUT2D eigenvalue weighted by atomic mass is 16.8. The maximum absolute atomic E-state index is 6.19. The third-order valence-corrected chi connectivity index (χ3v) is 4.75. The summed E-state index contributed by atoms with van der Waals surface area (Å²) in [5.74, 6) is -0.663. The average molecular weight is 296 g/mol. The van der Waals surface area contributed by atoms with Crippen LogP contribution in [0.1, 0.15) is 37.1 Å². The van der Waals surface area contributed by atoms with Gasteiger partial charge in [-0.2, -0.15) is 0 Å². The van der Waals surface area contributed by atoms with Crippen molar-refractivity contribution < 1.29 is 9.47 Å². The number of rotatable bonds is 1. The van der Waals surface area contributed by atoms with Crippen LogP contribution in [0.3, 0.4) is 0 Å². The number of ether oxygens (including phenoxy) is 2. The van der Waals surface area contributed by atoms with Crippen LogP contribution in [0.15, 0.2) is 30.5 Å². The molecule has 2 atom stereocenters. The van der Waals surface area contributed by atoms with Crippen LogP contribution < -0.4 is 0 Å². The van der Waals surface area contributed by atoms with Crippen LogP contribution in [0.5, 0.6) is 0 Å². The maximum Gasteiger partial charge on any atom is 0.213 e. The molecule has 4 rings (SSSR count). The van der Waals surface area contributed by atoms with Crippen molar-refractivity contribution in [2.75, 3.05) is 0 Å². The molecule has 2 aromatic heterocycles. The van der Waals surface area contributed by atoms with E-state index in [1.165, 1.54) is 11.1 Å². The second kappa shape index (κ2) is 4.86. The van der Waals surface area contributed by atoms with Crippen molar-refractivity contribution >= 4 is 0 Å². The molecule has 114 valence electrons. The molecule has 0 unspecified atom stereocenters. The fraction of sp³-hybridized carbons (Fsp3) is 0.444. The fourth-order valence-corrected chi connectivity index (χ4v) is 3.43. The van der Waals surface area contributed by atoms with E-state index in [1.54, 1.807) is 6.20 Å². The Kier molecular flexibility index (Phi) is 3.06. The number of hydrogen-bond donors (Lipinski definition) is 0. The summed E-state index contributed by atoms with van der Waals surface area (Å²) in [6.45, 7) is 6.26. The maximum atomic E-state index is 6.19. The molecule has 4 nitrogen and oxygen atoms in total. The largest absolute Gasteiger partial charge is 0.339 e. The highest BCUT2D eigenvalue weighted by Gasteiger charge is 2.51. The van der Waals surface area contributed by atoms with Crippen molar-refractivity contribution in [1.29, 1.82) is 0 Å². The first-order valence-electron chi connectivity index (χ1n) is 7.87. The van der Waals surface area contributed by atoms with E-state index in [0.717, 1.165) is 29.9 Å². The summed E-state index contributed by atoms with van der Waals surface area (Å²) >= 11 is 0. The lowest BCUT2D eigenvalue weighted by Crippen LogP contribution is -2.26. The van der Waals surface area contributed by atoms with Crippen LogP contribution >= 0.6 is 0 Å². The predicted octanol–water partition coefficient (Wildman–Crippen LogP) is 3.37. The highest BCUT2D eigenvalue weighted by molar-refractivity contribution is 5.57. The molecule has 2 aliphatic rings. The van der Waals surface area contributed by atoms with E-state index in [9.17, 15) is 0 Å². The molecule has 3 heterocycles. The Morgan fingerprint density at radius 2 is 1.91 bits per heavy atom. The molecule has 1 saturated heterocycles. The van der Waals surface area contributed by atoms with Gasteiger partial charge in [-0.15, -0.1) is 0 Å². The molecule has 1 spiro atoms. The zero-order valence-corrected chi connectivity index (χ0v) is 13.2. The quantitative estimate of drug-likeness (QED) is 0.809. The first-order valence-corrected chi connectivity index (χ1v) is 7.87. The zero-order valence-electron chi connectivity index (χ0n) is 13.2. The molecule has 22 heavy (non-hydrogen) atoms. The van der Waals surface area contributed by atoms with E-state index >= 15 is 0 Å². The molecule has 0 saturated carbocycles. The third kappa shape index (κ3) is 1.98. The Morgan fingerprint density at radius 1 is 1.14 bits per heavy atom. The van der Waals surface area contributed by atoms with E-state index in [2.05, 4.69) is 31.8 Å². The molecule has 1 fully saturated rings. The van der Waals surface area contributed by atoms with Gasteiger partial charge < -0.3 is 9.47 Å². The third-order valence-electron chi connectivity index (χ3n) is 4.75. The topological polar surface area (TPSA) is 44.2 Å². The lowest BCUT2D eigenvalue weighted by molar-refractivity contribution is -0.182. The van der Waals surface area contributed by atoms with Crippen molar-refractivity contribution in [3.8, 4) is 11.4 Å². The minimum Gasteiger partial charge on any atom is -0.339 e. The number of fused-ring (bicyclic) bond motifs is 2. The van der Waals surface area contributed by atoms with Crippen molar-refractivity contribution in [3.63, 3.8) is 0 Å². The van der Waals surface area contributed by atoms with Crippen LogP contribution in [-0.4, -0.2) is 22.2 Å². The van der Waals surface area contributed by atoms with Crippen LogP contribution in [-0.2, 0) is 21.7 Å². The van der Waals surface area contributed by atoms with Gasteiger partial charge in [-0.1, -0.05) is 6.07 Å². The predicted molar refractivity (Wildman–Crippen MR) is 83.3 cm³/mol. The van der Waals surface area contributed by atoms with Gasteiger partial charge in [0.2, 0.25) is 5.79 Å². The lowest BCUT2D eigenvalue weighted by atomic mass is 10.1. The molecular formula is C18H20N2O2. The van der Waals surface area contributed by atoms with Crippen LogP contribution in [0.4, 0.5) is 0 Å². The summed E-state index contributed by atoms with van der Waals surface area (Å²) in [5.41, 5.74) is 5.22. The van der Waals surface area contributed by atoms with Gasteiger partial charge in [0.25, 0.3) is 0 Å². The van der Waals surface area contributed by atoms with Gasteiger partial charge in [0.1, 0.15) is 5.69 Å². The van der Waals surface area contributed by atoms with Crippen molar-refractivity contribution in [1.82, 2.24) is 9.97 Å².